The zero-order valence-corrected chi connectivity index (χ0v) is 11.2. The lowest BCUT2D eigenvalue weighted by Crippen LogP contribution is -2.28. The molecule has 0 saturated heterocycles. The van der Waals surface area contributed by atoms with Gasteiger partial charge in [-0.05, 0) is 24.5 Å². The number of carbonyl (C=O) groups is 1. The van der Waals surface area contributed by atoms with Gasteiger partial charge in [-0.2, -0.15) is 0 Å². The Hall–Kier alpha value is -1.79. The van der Waals surface area contributed by atoms with E-state index in [9.17, 15) is 9.90 Å². The zero-order valence-electron chi connectivity index (χ0n) is 10.4. The first-order valence-corrected chi connectivity index (χ1v) is 6.92. The highest BCUT2D eigenvalue weighted by Gasteiger charge is 2.14. The van der Waals surface area contributed by atoms with Crippen molar-refractivity contribution in [1.29, 1.82) is 0 Å². The Morgan fingerprint density at radius 1 is 1.58 bits per heavy atom. The molecule has 1 atom stereocenters. The topological polar surface area (TPSA) is 75.4 Å². The first kappa shape index (κ1) is 13.6. The number of hydrogen-bond donors (Lipinski definition) is 2. The Kier molecular flexibility index (Phi) is 4.59. The Balaban J connectivity index is 1.98. The molecule has 0 aliphatic rings. The van der Waals surface area contributed by atoms with Gasteiger partial charge in [0.15, 0.2) is 0 Å². The van der Waals surface area contributed by atoms with Crippen LogP contribution in [0.5, 0.6) is 0 Å². The van der Waals surface area contributed by atoms with Gasteiger partial charge < -0.3 is 14.8 Å². The number of hydrogen-bond acceptors (Lipinski definition) is 5. The molecule has 2 aromatic rings. The van der Waals surface area contributed by atoms with Crippen molar-refractivity contribution in [3.05, 3.63) is 48.0 Å². The predicted molar refractivity (Wildman–Crippen MR) is 72.0 cm³/mol. The number of carbonyl (C=O) groups excluding carboxylic acids is 1. The van der Waals surface area contributed by atoms with Crippen LogP contribution in [0.25, 0.3) is 0 Å². The summed E-state index contributed by atoms with van der Waals surface area (Å²) in [6, 6.07) is 5.08. The van der Waals surface area contributed by atoms with Gasteiger partial charge in [0.25, 0.3) is 5.91 Å². The highest BCUT2D eigenvalue weighted by Crippen LogP contribution is 2.17. The van der Waals surface area contributed by atoms with Crippen molar-refractivity contribution in [2.75, 3.05) is 12.8 Å². The normalized spacial score (nSPS) is 12.1. The van der Waals surface area contributed by atoms with E-state index in [2.05, 4.69) is 10.3 Å². The first-order valence-electron chi connectivity index (χ1n) is 5.69. The number of aromatic nitrogens is 1. The van der Waals surface area contributed by atoms with Gasteiger partial charge in [-0.25, -0.2) is 4.98 Å². The van der Waals surface area contributed by atoms with E-state index in [0.717, 1.165) is 0 Å². The SMILES string of the molecule is CSc1ncccc1C(=O)NCC(O)c1ccoc1. The van der Waals surface area contributed by atoms with Crippen LogP contribution >= 0.6 is 11.8 Å². The molecule has 100 valence electrons. The van der Waals surface area contributed by atoms with E-state index in [4.69, 9.17) is 4.42 Å². The van der Waals surface area contributed by atoms with Crippen LogP contribution in [0, 0.1) is 0 Å². The maximum absolute atomic E-state index is 12.0. The molecule has 2 N–H and O–H groups in total. The molecule has 0 bridgehead atoms. The number of nitrogens with zero attached hydrogens (tertiary/aromatic N) is 1. The van der Waals surface area contributed by atoms with E-state index in [1.54, 1.807) is 24.4 Å². The van der Waals surface area contributed by atoms with Crippen molar-refractivity contribution in [3.63, 3.8) is 0 Å². The highest BCUT2D eigenvalue weighted by molar-refractivity contribution is 7.98. The van der Waals surface area contributed by atoms with Gasteiger partial charge in [-0.1, -0.05) is 0 Å². The number of aliphatic hydroxyl groups is 1. The summed E-state index contributed by atoms with van der Waals surface area (Å²) in [6.45, 7) is 0.126. The monoisotopic (exact) mass is 278 g/mol. The predicted octanol–water partition coefficient (Wildman–Crippen LogP) is 1.86. The second kappa shape index (κ2) is 6.40. The lowest BCUT2D eigenvalue weighted by Gasteiger charge is -2.11. The molecule has 1 amide bonds. The summed E-state index contributed by atoms with van der Waals surface area (Å²) in [5, 5.41) is 13.2. The van der Waals surface area contributed by atoms with Gasteiger partial charge in [-0.15, -0.1) is 11.8 Å². The fraction of sp³-hybridized carbons (Fsp3) is 0.231. The van der Waals surface area contributed by atoms with Gasteiger partial charge >= 0.3 is 0 Å². The van der Waals surface area contributed by atoms with Crippen LogP contribution in [-0.4, -0.2) is 28.8 Å². The average Bonchev–Trinajstić information content (AvgIpc) is 2.98. The van der Waals surface area contributed by atoms with E-state index in [1.165, 1.54) is 24.3 Å². The van der Waals surface area contributed by atoms with Gasteiger partial charge in [0.2, 0.25) is 0 Å². The summed E-state index contributed by atoms with van der Waals surface area (Å²) < 4.78 is 4.88. The summed E-state index contributed by atoms with van der Waals surface area (Å²) in [7, 11) is 0. The van der Waals surface area contributed by atoms with Crippen LogP contribution in [0.15, 0.2) is 46.4 Å². The number of rotatable bonds is 5. The van der Waals surface area contributed by atoms with Gasteiger partial charge in [0.05, 0.1) is 24.2 Å². The molecule has 0 saturated carbocycles. The quantitative estimate of drug-likeness (QED) is 0.816. The summed E-state index contributed by atoms with van der Waals surface area (Å²) in [5.41, 5.74) is 1.14. The van der Waals surface area contributed by atoms with Crippen LogP contribution in [0.2, 0.25) is 0 Å². The lowest BCUT2D eigenvalue weighted by molar-refractivity contribution is 0.0912. The van der Waals surface area contributed by atoms with E-state index >= 15 is 0 Å². The Morgan fingerprint density at radius 3 is 3.11 bits per heavy atom. The van der Waals surface area contributed by atoms with Crippen molar-refractivity contribution >= 4 is 17.7 Å². The number of furan rings is 1. The summed E-state index contributed by atoms with van der Waals surface area (Å²) >= 11 is 1.41. The smallest absolute Gasteiger partial charge is 0.254 e. The molecule has 5 nitrogen and oxygen atoms in total. The van der Waals surface area contributed by atoms with Crippen LogP contribution in [-0.2, 0) is 0 Å². The molecule has 0 fully saturated rings. The maximum atomic E-state index is 12.0. The standard InChI is InChI=1S/C13H14N2O3S/c1-19-13-10(3-2-5-14-13)12(17)15-7-11(16)9-4-6-18-8-9/h2-6,8,11,16H,7H2,1H3,(H,15,17). The number of amides is 1. The van der Waals surface area contributed by atoms with Crippen LogP contribution in [0.3, 0.4) is 0 Å². The second-order valence-electron chi connectivity index (χ2n) is 3.84. The molecule has 19 heavy (non-hydrogen) atoms. The molecule has 0 aromatic carbocycles. The van der Waals surface area contributed by atoms with E-state index in [1.807, 2.05) is 6.26 Å². The van der Waals surface area contributed by atoms with Crippen molar-refractivity contribution in [2.45, 2.75) is 11.1 Å². The number of pyridine rings is 1. The van der Waals surface area contributed by atoms with E-state index in [0.29, 0.717) is 16.2 Å². The van der Waals surface area contributed by atoms with Crippen molar-refractivity contribution < 1.29 is 14.3 Å². The Bertz CT molecular complexity index is 543. The highest BCUT2D eigenvalue weighted by atomic mass is 32.2. The van der Waals surface area contributed by atoms with Crippen molar-refractivity contribution in [3.8, 4) is 0 Å². The van der Waals surface area contributed by atoms with Crippen molar-refractivity contribution in [2.24, 2.45) is 0 Å². The number of nitrogens with one attached hydrogen (secondary N) is 1. The van der Waals surface area contributed by atoms with Gasteiger partial charge in [0.1, 0.15) is 5.03 Å². The van der Waals surface area contributed by atoms with Crippen LogP contribution < -0.4 is 5.32 Å². The second-order valence-corrected chi connectivity index (χ2v) is 4.64. The third kappa shape index (κ3) is 3.36. The molecule has 6 heteroatoms. The van der Waals surface area contributed by atoms with Gasteiger partial charge in [0, 0.05) is 18.3 Å². The third-order valence-corrected chi connectivity index (χ3v) is 3.31. The molecule has 0 aliphatic carbocycles. The average molecular weight is 278 g/mol. The summed E-state index contributed by atoms with van der Waals surface area (Å²) in [4.78, 5) is 16.1. The lowest BCUT2D eigenvalue weighted by atomic mass is 10.2. The molecule has 2 rings (SSSR count). The summed E-state index contributed by atoms with van der Waals surface area (Å²) in [6.07, 6.45) is 5.65. The first-order chi connectivity index (χ1) is 9.22. The summed E-state index contributed by atoms with van der Waals surface area (Å²) in [5.74, 6) is -0.250. The largest absolute Gasteiger partial charge is 0.472 e. The molecule has 2 aromatic heterocycles. The van der Waals surface area contributed by atoms with E-state index < -0.39 is 6.10 Å². The zero-order chi connectivity index (χ0) is 13.7. The minimum absolute atomic E-state index is 0.126. The van der Waals surface area contributed by atoms with Crippen LogP contribution in [0.4, 0.5) is 0 Å². The Labute approximate surface area is 115 Å². The third-order valence-electron chi connectivity index (χ3n) is 2.59. The molecule has 0 aliphatic heterocycles. The molecule has 2 heterocycles. The number of thioether (sulfide) groups is 1. The van der Waals surface area contributed by atoms with Gasteiger partial charge in [-0.3, -0.25) is 4.79 Å². The minimum atomic E-state index is -0.780. The molecule has 1 unspecified atom stereocenters. The number of aliphatic hydroxyl groups excluding tert-OH is 1. The molecule has 0 radical (unpaired) electrons. The minimum Gasteiger partial charge on any atom is -0.472 e. The fourth-order valence-electron chi connectivity index (χ4n) is 1.59. The Morgan fingerprint density at radius 2 is 2.42 bits per heavy atom. The molecular weight excluding hydrogens is 264 g/mol. The van der Waals surface area contributed by atoms with Crippen LogP contribution in [0.1, 0.15) is 22.0 Å². The molecule has 0 spiro atoms. The fourth-order valence-corrected chi connectivity index (χ4v) is 2.14. The van der Waals surface area contributed by atoms with E-state index in [-0.39, 0.29) is 12.5 Å². The molecular formula is C13H14N2O3S. The maximum Gasteiger partial charge on any atom is 0.254 e. The van der Waals surface area contributed by atoms with Crippen molar-refractivity contribution in [1.82, 2.24) is 10.3 Å².